The van der Waals surface area contributed by atoms with Crippen LogP contribution in [0.2, 0.25) is 0 Å². The van der Waals surface area contributed by atoms with Crippen LogP contribution in [0, 0.1) is 16.7 Å². The van der Waals surface area contributed by atoms with Gasteiger partial charge in [0.2, 0.25) is 5.91 Å². The SMILES string of the molecule is CCOC1CC(N)(C(=O)Nc2sccc2C#N)C1(C)C. The van der Waals surface area contributed by atoms with Crippen molar-refractivity contribution >= 4 is 22.2 Å². The molecule has 3 N–H and O–H groups in total. The maximum absolute atomic E-state index is 12.5. The number of ether oxygens (including phenoxy) is 1. The van der Waals surface area contributed by atoms with Crippen LogP contribution in [0.1, 0.15) is 32.8 Å². The lowest BCUT2D eigenvalue weighted by Gasteiger charge is -2.57. The highest BCUT2D eigenvalue weighted by Crippen LogP contribution is 2.50. The molecule has 1 fully saturated rings. The quantitative estimate of drug-likeness (QED) is 0.889. The molecule has 6 heteroatoms. The van der Waals surface area contributed by atoms with Gasteiger partial charge in [0, 0.05) is 18.4 Å². The first-order chi connectivity index (χ1) is 9.36. The van der Waals surface area contributed by atoms with E-state index in [4.69, 9.17) is 15.7 Å². The van der Waals surface area contributed by atoms with Crippen molar-refractivity contribution in [1.29, 1.82) is 5.26 Å². The molecule has 2 rings (SSSR count). The van der Waals surface area contributed by atoms with Crippen molar-refractivity contribution in [3.05, 3.63) is 17.0 Å². The number of rotatable bonds is 4. The second-order valence-corrected chi connectivity index (χ2v) is 6.49. The van der Waals surface area contributed by atoms with Crippen molar-refractivity contribution < 1.29 is 9.53 Å². The number of amides is 1. The third kappa shape index (κ3) is 2.12. The monoisotopic (exact) mass is 293 g/mol. The van der Waals surface area contributed by atoms with Crippen LogP contribution in [0.25, 0.3) is 0 Å². The number of thiophene rings is 1. The first-order valence-electron chi connectivity index (χ1n) is 6.56. The summed E-state index contributed by atoms with van der Waals surface area (Å²) in [5, 5.41) is 14.1. The number of nitrogens with zero attached hydrogens (tertiary/aromatic N) is 1. The van der Waals surface area contributed by atoms with Crippen LogP contribution in [0.3, 0.4) is 0 Å². The summed E-state index contributed by atoms with van der Waals surface area (Å²) in [4.78, 5) is 12.5. The van der Waals surface area contributed by atoms with E-state index in [1.165, 1.54) is 11.3 Å². The lowest BCUT2D eigenvalue weighted by Crippen LogP contribution is -2.74. The Bertz CT molecular complexity index is 561. The number of anilines is 1. The van der Waals surface area contributed by atoms with Crippen LogP contribution < -0.4 is 11.1 Å². The van der Waals surface area contributed by atoms with E-state index >= 15 is 0 Å². The fourth-order valence-electron chi connectivity index (χ4n) is 2.53. The van der Waals surface area contributed by atoms with E-state index in [1.807, 2.05) is 26.8 Å². The largest absolute Gasteiger partial charge is 0.378 e. The zero-order valence-electron chi connectivity index (χ0n) is 11.9. The summed E-state index contributed by atoms with van der Waals surface area (Å²) in [7, 11) is 0. The van der Waals surface area contributed by atoms with Gasteiger partial charge < -0.3 is 15.8 Å². The van der Waals surface area contributed by atoms with Crippen molar-refractivity contribution in [2.45, 2.75) is 38.8 Å². The first-order valence-corrected chi connectivity index (χ1v) is 7.44. The standard InChI is InChI=1S/C14H19N3O2S/c1-4-19-10-7-14(16,13(10,2)3)12(18)17-11-9(8-15)5-6-20-11/h5-6,10H,4,7,16H2,1-3H3,(H,17,18). The molecule has 1 heterocycles. The Morgan fingerprint density at radius 1 is 1.70 bits per heavy atom. The van der Waals surface area contributed by atoms with Gasteiger partial charge in [0.05, 0.1) is 11.7 Å². The van der Waals surface area contributed by atoms with E-state index in [2.05, 4.69) is 5.32 Å². The Morgan fingerprint density at radius 2 is 2.40 bits per heavy atom. The van der Waals surface area contributed by atoms with Crippen molar-refractivity contribution in [2.75, 3.05) is 11.9 Å². The molecule has 2 atom stereocenters. The van der Waals surface area contributed by atoms with Crippen LogP contribution >= 0.6 is 11.3 Å². The molecule has 0 radical (unpaired) electrons. The molecule has 1 aliphatic carbocycles. The Hall–Kier alpha value is -1.42. The van der Waals surface area contributed by atoms with Crippen LogP contribution in [0.15, 0.2) is 11.4 Å². The second-order valence-electron chi connectivity index (χ2n) is 5.57. The van der Waals surface area contributed by atoms with E-state index < -0.39 is 11.0 Å². The van der Waals surface area contributed by atoms with Gasteiger partial charge in [0.1, 0.15) is 16.6 Å². The number of nitrogens with one attached hydrogen (secondary N) is 1. The van der Waals surface area contributed by atoms with E-state index in [9.17, 15) is 4.79 Å². The summed E-state index contributed by atoms with van der Waals surface area (Å²) in [6, 6.07) is 3.73. The zero-order chi connectivity index (χ0) is 15.0. The van der Waals surface area contributed by atoms with Gasteiger partial charge in [-0.1, -0.05) is 13.8 Å². The molecule has 0 saturated heterocycles. The summed E-state index contributed by atoms with van der Waals surface area (Å²) in [6.45, 7) is 6.42. The smallest absolute Gasteiger partial charge is 0.245 e. The first kappa shape index (κ1) is 15.0. The molecular formula is C14H19N3O2S. The number of carbonyl (C=O) groups excluding carboxylic acids is 1. The Balaban J connectivity index is 2.13. The fourth-order valence-corrected chi connectivity index (χ4v) is 3.26. The van der Waals surface area contributed by atoms with Gasteiger partial charge in [-0.2, -0.15) is 5.26 Å². The van der Waals surface area contributed by atoms with Crippen LogP contribution in [0.5, 0.6) is 0 Å². The van der Waals surface area contributed by atoms with Crippen molar-refractivity contribution in [1.82, 2.24) is 0 Å². The van der Waals surface area contributed by atoms with Crippen LogP contribution in [-0.2, 0) is 9.53 Å². The molecule has 1 saturated carbocycles. The Morgan fingerprint density at radius 3 is 2.95 bits per heavy atom. The predicted octanol–water partition coefficient (Wildman–Crippen LogP) is 2.09. The topological polar surface area (TPSA) is 88.1 Å². The highest BCUT2D eigenvalue weighted by atomic mass is 32.1. The maximum atomic E-state index is 12.5. The normalized spacial score (nSPS) is 27.4. The Labute approximate surface area is 122 Å². The van der Waals surface area contributed by atoms with Crippen molar-refractivity contribution in [3.8, 4) is 6.07 Å². The average molecular weight is 293 g/mol. The van der Waals surface area contributed by atoms with E-state index in [0.29, 0.717) is 23.6 Å². The molecule has 2 unspecified atom stereocenters. The van der Waals surface area contributed by atoms with Gasteiger partial charge >= 0.3 is 0 Å². The maximum Gasteiger partial charge on any atom is 0.245 e. The number of nitrogens with two attached hydrogens (primary N) is 1. The third-order valence-electron chi connectivity index (χ3n) is 4.25. The molecule has 0 aromatic carbocycles. The Kier molecular flexibility index (Phi) is 3.87. The van der Waals surface area contributed by atoms with E-state index in [1.54, 1.807) is 11.4 Å². The number of nitriles is 1. The minimum atomic E-state index is -0.969. The molecule has 1 aliphatic rings. The molecule has 5 nitrogen and oxygen atoms in total. The minimum Gasteiger partial charge on any atom is -0.378 e. The minimum absolute atomic E-state index is 0.0120. The van der Waals surface area contributed by atoms with Crippen LogP contribution in [0.4, 0.5) is 5.00 Å². The van der Waals surface area contributed by atoms with Gasteiger partial charge in [0.15, 0.2) is 0 Å². The molecule has 1 amide bonds. The molecule has 0 spiro atoms. The van der Waals surface area contributed by atoms with Crippen LogP contribution in [-0.4, -0.2) is 24.2 Å². The molecule has 1 aromatic heterocycles. The van der Waals surface area contributed by atoms with E-state index in [0.717, 1.165) is 0 Å². The summed E-state index contributed by atoms with van der Waals surface area (Å²) >= 11 is 1.32. The molecule has 0 aliphatic heterocycles. The molecular weight excluding hydrogens is 274 g/mol. The zero-order valence-corrected chi connectivity index (χ0v) is 12.7. The molecule has 108 valence electrons. The average Bonchev–Trinajstić information content (AvgIpc) is 2.85. The fraction of sp³-hybridized carbons (Fsp3) is 0.571. The third-order valence-corrected chi connectivity index (χ3v) is 5.08. The highest BCUT2D eigenvalue weighted by molar-refractivity contribution is 7.14. The van der Waals surface area contributed by atoms with Gasteiger partial charge in [-0.25, -0.2) is 0 Å². The second kappa shape index (κ2) is 5.17. The summed E-state index contributed by atoms with van der Waals surface area (Å²) in [6.07, 6.45) is 0.481. The van der Waals surface area contributed by atoms with Crippen molar-refractivity contribution in [2.24, 2.45) is 11.1 Å². The highest BCUT2D eigenvalue weighted by Gasteiger charge is 2.62. The van der Waals surface area contributed by atoms with Gasteiger partial charge in [-0.05, 0) is 18.4 Å². The predicted molar refractivity (Wildman–Crippen MR) is 78.4 cm³/mol. The number of carbonyl (C=O) groups is 1. The molecule has 0 bridgehead atoms. The van der Waals surface area contributed by atoms with Gasteiger partial charge in [0.25, 0.3) is 0 Å². The summed E-state index contributed by atoms with van der Waals surface area (Å²) in [5.41, 5.74) is 5.34. The molecule has 1 aromatic rings. The van der Waals surface area contributed by atoms with Gasteiger partial charge in [-0.15, -0.1) is 11.3 Å². The molecule has 20 heavy (non-hydrogen) atoms. The lowest BCUT2D eigenvalue weighted by atomic mass is 9.54. The lowest BCUT2D eigenvalue weighted by molar-refractivity contribution is -0.166. The van der Waals surface area contributed by atoms with Crippen molar-refractivity contribution in [3.63, 3.8) is 0 Å². The summed E-state index contributed by atoms with van der Waals surface area (Å²) in [5.74, 6) is -0.252. The van der Waals surface area contributed by atoms with E-state index in [-0.39, 0.29) is 12.0 Å². The number of hydrogen-bond donors (Lipinski definition) is 2. The van der Waals surface area contributed by atoms with Gasteiger partial charge in [-0.3, -0.25) is 4.79 Å². The number of hydrogen-bond acceptors (Lipinski definition) is 5. The summed E-state index contributed by atoms with van der Waals surface area (Å²) < 4.78 is 5.61.